The van der Waals surface area contributed by atoms with Crippen LogP contribution in [-0.4, -0.2) is 25.5 Å². The van der Waals surface area contributed by atoms with E-state index in [2.05, 4.69) is 0 Å². The summed E-state index contributed by atoms with van der Waals surface area (Å²) in [5.41, 5.74) is 1.12. The van der Waals surface area contributed by atoms with Gasteiger partial charge in [-0.25, -0.2) is 0 Å². The monoisotopic (exact) mass is 294 g/mol. The molecule has 0 unspecified atom stereocenters. The molecule has 0 bridgehead atoms. The third kappa shape index (κ3) is 7.25. The molecule has 21 heavy (non-hydrogen) atoms. The summed E-state index contributed by atoms with van der Waals surface area (Å²) in [6, 6.07) is 9.96. The fourth-order valence-electron chi connectivity index (χ4n) is 2.22. The van der Waals surface area contributed by atoms with Crippen LogP contribution in [0.4, 0.5) is 0 Å². The van der Waals surface area contributed by atoms with Gasteiger partial charge in [0.05, 0.1) is 13.2 Å². The van der Waals surface area contributed by atoms with Gasteiger partial charge in [0.25, 0.3) is 0 Å². The molecule has 0 N–H and O–H groups in total. The third-order valence-corrected chi connectivity index (χ3v) is 3.18. The van der Waals surface area contributed by atoms with E-state index in [1.807, 2.05) is 51.1 Å². The van der Waals surface area contributed by atoms with Gasteiger partial charge < -0.3 is 14.2 Å². The second kappa shape index (κ2) is 9.53. The van der Waals surface area contributed by atoms with Gasteiger partial charge in [0, 0.05) is 12.8 Å². The largest absolute Gasteiger partial charge is 0.462 e. The van der Waals surface area contributed by atoms with Crippen LogP contribution in [-0.2, 0) is 25.6 Å². The molecule has 1 rings (SSSR count). The summed E-state index contributed by atoms with van der Waals surface area (Å²) >= 11 is 0. The van der Waals surface area contributed by atoms with Crippen LogP contribution < -0.4 is 0 Å². The maximum atomic E-state index is 11.1. The van der Waals surface area contributed by atoms with E-state index in [1.165, 1.54) is 6.92 Å². The first-order chi connectivity index (χ1) is 10.0. The molecular weight excluding hydrogens is 268 g/mol. The van der Waals surface area contributed by atoms with Crippen molar-refractivity contribution in [2.24, 2.45) is 11.8 Å². The van der Waals surface area contributed by atoms with Crippen molar-refractivity contribution < 1.29 is 19.0 Å². The molecule has 0 aliphatic rings. The Labute approximate surface area is 127 Å². The molecule has 4 nitrogen and oxygen atoms in total. The molecule has 2 atom stereocenters. The van der Waals surface area contributed by atoms with Crippen LogP contribution >= 0.6 is 0 Å². The maximum Gasteiger partial charge on any atom is 0.302 e. The van der Waals surface area contributed by atoms with E-state index in [0.717, 1.165) is 5.56 Å². The normalized spacial score (nSPS) is 14.0. The highest BCUT2D eigenvalue weighted by molar-refractivity contribution is 5.66. The van der Waals surface area contributed by atoms with Gasteiger partial charge in [-0.05, 0) is 11.5 Å². The Kier molecular flexibility index (Phi) is 8.01. The smallest absolute Gasteiger partial charge is 0.302 e. The molecule has 1 aromatic carbocycles. The van der Waals surface area contributed by atoms with Gasteiger partial charge in [-0.15, -0.1) is 0 Å². The van der Waals surface area contributed by atoms with Gasteiger partial charge in [0.2, 0.25) is 0 Å². The summed E-state index contributed by atoms with van der Waals surface area (Å²) in [6.45, 7) is 8.81. The van der Waals surface area contributed by atoms with Gasteiger partial charge in [-0.2, -0.15) is 0 Å². The van der Waals surface area contributed by atoms with Crippen molar-refractivity contribution in [1.29, 1.82) is 0 Å². The van der Waals surface area contributed by atoms with Gasteiger partial charge in [-0.1, -0.05) is 51.1 Å². The molecule has 1 aromatic rings. The van der Waals surface area contributed by atoms with E-state index in [-0.39, 0.29) is 30.7 Å². The Morgan fingerprint density at radius 1 is 1.10 bits per heavy atom. The van der Waals surface area contributed by atoms with Crippen molar-refractivity contribution in [3.05, 3.63) is 35.9 Å². The first-order valence-electron chi connectivity index (χ1n) is 7.37. The van der Waals surface area contributed by atoms with Crippen molar-refractivity contribution in [2.75, 3.05) is 13.4 Å². The lowest BCUT2D eigenvalue weighted by molar-refractivity contribution is -0.154. The van der Waals surface area contributed by atoms with Crippen LogP contribution in [0, 0.1) is 11.8 Å². The molecule has 0 saturated carbocycles. The minimum atomic E-state index is -0.249. The topological polar surface area (TPSA) is 44.8 Å². The van der Waals surface area contributed by atoms with Crippen molar-refractivity contribution in [2.45, 2.75) is 40.4 Å². The highest BCUT2D eigenvalue weighted by Crippen LogP contribution is 2.17. The third-order valence-electron chi connectivity index (χ3n) is 3.18. The molecular formula is C17H26O4. The fourth-order valence-corrected chi connectivity index (χ4v) is 2.22. The SMILES string of the molecule is CC(=O)O[C@@H](C(C)C)[C@@H](C)COCOCc1ccccc1. The molecule has 0 radical (unpaired) electrons. The van der Waals surface area contributed by atoms with Gasteiger partial charge >= 0.3 is 5.97 Å². The lowest BCUT2D eigenvalue weighted by atomic mass is 9.95. The predicted molar refractivity (Wildman–Crippen MR) is 81.6 cm³/mol. The van der Waals surface area contributed by atoms with Gasteiger partial charge in [0.1, 0.15) is 12.9 Å². The standard InChI is InChI=1S/C17H26O4/c1-13(2)17(21-15(4)18)14(3)10-19-12-20-11-16-8-6-5-7-9-16/h5-9,13-14,17H,10-12H2,1-4H3/t14-,17-/m0/s1. The van der Waals surface area contributed by atoms with Gasteiger partial charge in [-0.3, -0.25) is 4.79 Å². The van der Waals surface area contributed by atoms with Crippen LogP contribution in [0.15, 0.2) is 30.3 Å². The Morgan fingerprint density at radius 3 is 2.33 bits per heavy atom. The number of carbonyl (C=O) groups excluding carboxylic acids is 1. The van der Waals surface area contributed by atoms with Crippen molar-refractivity contribution in [3.8, 4) is 0 Å². The first kappa shape index (κ1) is 17.7. The number of rotatable bonds is 9. The number of esters is 1. The fraction of sp³-hybridized carbons (Fsp3) is 0.588. The number of benzene rings is 1. The average Bonchev–Trinajstić information content (AvgIpc) is 2.44. The van der Waals surface area contributed by atoms with Crippen molar-refractivity contribution in [1.82, 2.24) is 0 Å². The summed E-state index contributed by atoms with van der Waals surface area (Å²) in [6.07, 6.45) is -0.128. The number of carbonyl (C=O) groups is 1. The summed E-state index contributed by atoms with van der Waals surface area (Å²) in [4.78, 5) is 11.1. The highest BCUT2D eigenvalue weighted by Gasteiger charge is 2.23. The molecule has 0 amide bonds. The van der Waals surface area contributed by atoms with Gasteiger partial charge in [0.15, 0.2) is 0 Å². The Bertz CT molecular complexity index is 403. The molecule has 0 aliphatic carbocycles. The Hall–Kier alpha value is -1.39. The van der Waals surface area contributed by atoms with E-state index < -0.39 is 0 Å². The molecule has 0 saturated heterocycles. The second-order valence-corrected chi connectivity index (χ2v) is 5.62. The minimum absolute atomic E-state index is 0.128. The molecule has 0 spiro atoms. The predicted octanol–water partition coefficient (Wildman–Crippen LogP) is 3.40. The molecule has 118 valence electrons. The summed E-state index contributed by atoms with van der Waals surface area (Å²) in [5.74, 6) is 0.146. The minimum Gasteiger partial charge on any atom is -0.462 e. The zero-order valence-electron chi connectivity index (χ0n) is 13.4. The van der Waals surface area contributed by atoms with Crippen LogP contribution in [0.5, 0.6) is 0 Å². The van der Waals surface area contributed by atoms with Crippen LogP contribution in [0.3, 0.4) is 0 Å². The molecule has 0 fully saturated rings. The van der Waals surface area contributed by atoms with Crippen LogP contribution in [0.1, 0.15) is 33.3 Å². The number of ether oxygens (including phenoxy) is 3. The van der Waals surface area contributed by atoms with Crippen molar-refractivity contribution >= 4 is 5.97 Å². The highest BCUT2D eigenvalue weighted by atomic mass is 16.7. The van der Waals surface area contributed by atoms with E-state index in [9.17, 15) is 4.79 Å². The van der Waals surface area contributed by atoms with Crippen molar-refractivity contribution in [3.63, 3.8) is 0 Å². The average molecular weight is 294 g/mol. The Morgan fingerprint density at radius 2 is 1.76 bits per heavy atom. The van der Waals surface area contributed by atoms with Crippen LogP contribution in [0.2, 0.25) is 0 Å². The van der Waals surface area contributed by atoms with E-state index in [1.54, 1.807) is 0 Å². The lowest BCUT2D eigenvalue weighted by Crippen LogP contribution is -2.32. The molecule has 4 heteroatoms. The summed E-state index contributed by atoms with van der Waals surface area (Å²) in [7, 11) is 0. The van der Waals surface area contributed by atoms with Crippen LogP contribution in [0.25, 0.3) is 0 Å². The van der Waals surface area contributed by atoms with E-state index in [0.29, 0.717) is 13.2 Å². The number of hydrogen-bond donors (Lipinski definition) is 0. The quantitative estimate of drug-likeness (QED) is 0.398. The first-order valence-corrected chi connectivity index (χ1v) is 7.37. The number of hydrogen-bond acceptors (Lipinski definition) is 4. The summed E-state index contributed by atoms with van der Waals surface area (Å²) < 4.78 is 16.3. The molecule has 0 heterocycles. The van der Waals surface area contributed by atoms with E-state index >= 15 is 0 Å². The lowest BCUT2D eigenvalue weighted by Gasteiger charge is -2.26. The summed E-state index contributed by atoms with van der Waals surface area (Å²) in [5, 5.41) is 0. The Balaban J connectivity index is 2.22. The van der Waals surface area contributed by atoms with E-state index in [4.69, 9.17) is 14.2 Å². The molecule has 0 aromatic heterocycles. The second-order valence-electron chi connectivity index (χ2n) is 5.62. The zero-order chi connectivity index (χ0) is 15.7. The zero-order valence-corrected chi connectivity index (χ0v) is 13.4. The maximum absolute atomic E-state index is 11.1. The molecule has 0 aliphatic heterocycles.